The Hall–Kier alpha value is -5.87. The Morgan fingerprint density at radius 3 is 1.91 bits per heavy atom. The summed E-state index contributed by atoms with van der Waals surface area (Å²) in [5.74, 6) is 3.59. The Morgan fingerprint density at radius 2 is 1.17 bits per heavy atom. The number of hydrogen-bond acceptors (Lipinski definition) is 4. The summed E-state index contributed by atoms with van der Waals surface area (Å²) in [5.41, 5.74) is 8.00. The number of nitrogens with zero attached hydrogens (tertiary/aromatic N) is 3. The third kappa shape index (κ3) is 4.90. The number of aromatic nitrogens is 3. The maximum absolute atomic E-state index is 6.36. The molecule has 9 rings (SSSR count). The smallest absolute Gasteiger partial charge is 0.164 e. The lowest BCUT2D eigenvalue weighted by Gasteiger charge is -2.25. The molecule has 6 aromatic rings. The van der Waals surface area contributed by atoms with Gasteiger partial charge in [-0.15, -0.1) is 0 Å². The van der Waals surface area contributed by atoms with Crippen LogP contribution in [0.3, 0.4) is 0 Å². The molecule has 2 heterocycles. The molecule has 47 heavy (non-hydrogen) atoms. The highest BCUT2D eigenvalue weighted by Crippen LogP contribution is 2.47. The molecule has 0 radical (unpaired) electrons. The van der Waals surface area contributed by atoms with Crippen molar-refractivity contribution in [1.82, 2.24) is 15.0 Å². The van der Waals surface area contributed by atoms with Crippen LogP contribution in [0, 0.1) is 5.92 Å². The second-order valence-electron chi connectivity index (χ2n) is 12.3. The monoisotopic (exact) mass is 605 g/mol. The summed E-state index contributed by atoms with van der Waals surface area (Å²) in [5, 5.41) is 2.27. The van der Waals surface area contributed by atoms with E-state index in [4.69, 9.17) is 19.7 Å². The van der Waals surface area contributed by atoms with Crippen LogP contribution < -0.4 is 0 Å². The molecular formula is C43H31N3O. The predicted molar refractivity (Wildman–Crippen MR) is 189 cm³/mol. The maximum Gasteiger partial charge on any atom is 0.164 e. The van der Waals surface area contributed by atoms with Gasteiger partial charge in [0, 0.05) is 28.5 Å². The summed E-state index contributed by atoms with van der Waals surface area (Å²) in [4.78, 5) is 15.0. The lowest BCUT2D eigenvalue weighted by molar-refractivity contribution is 0.173. The molecule has 2 aliphatic carbocycles. The number of hydrogen-bond donors (Lipinski definition) is 0. The van der Waals surface area contributed by atoms with Crippen LogP contribution in [0.15, 0.2) is 169 Å². The highest BCUT2D eigenvalue weighted by atomic mass is 16.5. The zero-order valence-electron chi connectivity index (χ0n) is 25.7. The average molecular weight is 606 g/mol. The molecular weight excluding hydrogens is 574 g/mol. The van der Waals surface area contributed by atoms with Gasteiger partial charge in [0.1, 0.15) is 11.9 Å². The minimum absolute atomic E-state index is 0.0927. The van der Waals surface area contributed by atoms with Crippen molar-refractivity contribution < 1.29 is 4.74 Å². The molecule has 5 aromatic carbocycles. The molecule has 3 unspecified atom stereocenters. The first kappa shape index (κ1) is 27.4. The Balaban J connectivity index is 1.15. The van der Waals surface area contributed by atoms with E-state index in [1.165, 1.54) is 22.3 Å². The molecule has 0 saturated carbocycles. The van der Waals surface area contributed by atoms with Gasteiger partial charge < -0.3 is 4.74 Å². The standard InChI is InChI=1S/C43H31N3O/c1-3-13-28(14-4-1)41-44-42(29-15-5-2-6-16-29)46-43(45-41)36-26-25-32(34-19-7-8-20-35(34)36)30-17-11-18-31(27-30)33-22-12-24-39-40(33)37-21-9-10-23-38(37)47-39/h1-21,23-27,33,37-38H,22H2. The van der Waals surface area contributed by atoms with Crippen molar-refractivity contribution in [2.45, 2.75) is 18.4 Å². The van der Waals surface area contributed by atoms with Gasteiger partial charge in [-0.2, -0.15) is 0 Å². The fourth-order valence-electron chi connectivity index (χ4n) is 7.25. The second-order valence-corrected chi connectivity index (χ2v) is 12.3. The normalized spacial score (nSPS) is 19.4. The largest absolute Gasteiger partial charge is 0.485 e. The highest BCUT2D eigenvalue weighted by Gasteiger charge is 2.39. The molecule has 3 aliphatic rings. The fraction of sp³-hybridized carbons (Fsp3) is 0.0930. The predicted octanol–water partition coefficient (Wildman–Crippen LogP) is 10.1. The summed E-state index contributed by atoms with van der Waals surface area (Å²) >= 11 is 0. The van der Waals surface area contributed by atoms with Gasteiger partial charge in [0.2, 0.25) is 0 Å². The molecule has 1 aromatic heterocycles. The van der Waals surface area contributed by atoms with Crippen LogP contribution in [-0.4, -0.2) is 21.1 Å². The van der Waals surface area contributed by atoms with Gasteiger partial charge in [-0.25, -0.2) is 15.0 Å². The summed E-state index contributed by atoms with van der Waals surface area (Å²) < 4.78 is 6.36. The van der Waals surface area contributed by atoms with Crippen molar-refractivity contribution in [1.29, 1.82) is 0 Å². The van der Waals surface area contributed by atoms with Crippen molar-refractivity contribution in [3.8, 4) is 45.3 Å². The van der Waals surface area contributed by atoms with Gasteiger partial charge in [-0.3, -0.25) is 0 Å². The SMILES string of the molecule is C1=CC2OC3=C(C(c4cccc(-c5ccc(-c6nc(-c7ccccc7)nc(-c7ccccc7)n6)c6ccccc56)c4)CC=C3)C2C=C1. The van der Waals surface area contributed by atoms with E-state index in [-0.39, 0.29) is 17.9 Å². The van der Waals surface area contributed by atoms with Crippen LogP contribution >= 0.6 is 0 Å². The Bertz CT molecular complexity index is 2210. The van der Waals surface area contributed by atoms with Gasteiger partial charge in [-0.1, -0.05) is 140 Å². The molecule has 3 atom stereocenters. The van der Waals surface area contributed by atoms with Crippen molar-refractivity contribution in [3.63, 3.8) is 0 Å². The van der Waals surface area contributed by atoms with Crippen LogP contribution in [0.1, 0.15) is 17.9 Å². The number of benzene rings is 5. The van der Waals surface area contributed by atoms with Crippen molar-refractivity contribution in [2.24, 2.45) is 5.92 Å². The summed E-state index contributed by atoms with van der Waals surface area (Å²) in [7, 11) is 0. The van der Waals surface area contributed by atoms with Gasteiger partial charge in [-0.05, 0) is 57.7 Å². The van der Waals surface area contributed by atoms with E-state index in [1.54, 1.807) is 0 Å². The molecule has 0 saturated heterocycles. The van der Waals surface area contributed by atoms with Crippen molar-refractivity contribution >= 4 is 10.8 Å². The van der Waals surface area contributed by atoms with E-state index in [1.807, 2.05) is 60.7 Å². The first-order chi connectivity index (χ1) is 23.3. The maximum atomic E-state index is 6.36. The summed E-state index contributed by atoms with van der Waals surface area (Å²) in [6, 6.07) is 42.3. The van der Waals surface area contributed by atoms with Crippen LogP contribution in [0.4, 0.5) is 0 Å². The molecule has 0 fully saturated rings. The van der Waals surface area contributed by atoms with Gasteiger partial charge in [0.05, 0.1) is 0 Å². The lowest BCUT2D eigenvalue weighted by atomic mass is 9.76. The Morgan fingerprint density at radius 1 is 0.553 bits per heavy atom. The van der Waals surface area contributed by atoms with Crippen LogP contribution in [0.2, 0.25) is 0 Å². The molecule has 0 spiro atoms. The van der Waals surface area contributed by atoms with E-state index in [9.17, 15) is 0 Å². The van der Waals surface area contributed by atoms with E-state index in [0.29, 0.717) is 17.5 Å². The van der Waals surface area contributed by atoms with Crippen LogP contribution in [0.5, 0.6) is 0 Å². The molecule has 1 aliphatic heterocycles. The minimum atomic E-state index is 0.0927. The van der Waals surface area contributed by atoms with Gasteiger partial charge in [0.15, 0.2) is 17.5 Å². The second kappa shape index (κ2) is 11.5. The third-order valence-corrected chi connectivity index (χ3v) is 9.47. The Labute approximate surface area is 274 Å². The first-order valence-electron chi connectivity index (χ1n) is 16.2. The quantitative estimate of drug-likeness (QED) is 0.196. The van der Waals surface area contributed by atoms with Gasteiger partial charge >= 0.3 is 0 Å². The molecule has 224 valence electrons. The van der Waals surface area contributed by atoms with E-state index in [2.05, 4.69) is 97.1 Å². The summed E-state index contributed by atoms with van der Waals surface area (Å²) in [6.07, 6.45) is 14.2. The number of ether oxygens (including phenoxy) is 1. The fourth-order valence-corrected chi connectivity index (χ4v) is 7.25. The van der Waals surface area contributed by atoms with Crippen LogP contribution in [0.25, 0.3) is 56.1 Å². The highest BCUT2D eigenvalue weighted by molar-refractivity contribution is 6.04. The molecule has 4 nitrogen and oxygen atoms in total. The summed E-state index contributed by atoms with van der Waals surface area (Å²) in [6.45, 7) is 0. The Kier molecular flexibility index (Phi) is 6.71. The van der Waals surface area contributed by atoms with E-state index >= 15 is 0 Å². The molecule has 4 heteroatoms. The molecule has 0 amide bonds. The average Bonchev–Trinajstić information content (AvgIpc) is 3.54. The minimum Gasteiger partial charge on any atom is -0.485 e. The molecule has 0 N–H and O–H groups in total. The first-order valence-corrected chi connectivity index (χ1v) is 16.2. The van der Waals surface area contributed by atoms with E-state index in [0.717, 1.165) is 39.6 Å². The zero-order valence-corrected chi connectivity index (χ0v) is 25.7. The zero-order chi connectivity index (χ0) is 31.2. The topological polar surface area (TPSA) is 47.9 Å². The number of allylic oxidation sites excluding steroid dienone is 4. The number of rotatable bonds is 5. The lowest BCUT2D eigenvalue weighted by Crippen LogP contribution is -2.19. The third-order valence-electron chi connectivity index (χ3n) is 9.47. The molecule has 0 bridgehead atoms. The van der Waals surface area contributed by atoms with E-state index < -0.39 is 0 Å². The van der Waals surface area contributed by atoms with Gasteiger partial charge in [0.25, 0.3) is 0 Å². The van der Waals surface area contributed by atoms with Crippen molar-refractivity contribution in [3.05, 3.63) is 175 Å². The van der Waals surface area contributed by atoms with Crippen LogP contribution in [-0.2, 0) is 4.74 Å². The van der Waals surface area contributed by atoms with Crippen molar-refractivity contribution in [2.75, 3.05) is 0 Å². The number of fused-ring (bicyclic) bond motifs is 3.